The molecule has 2 aromatic carbocycles. The third-order valence-corrected chi connectivity index (χ3v) is 4.73. The van der Waals surface area contributed by atoms with E-state index in [0.29, 0.717) is 5.69 Å². The largest absolute Gasteiger partial charge is 0.322 e. The van der Waals surface area contributed by atoms with Crippen LogP contribution < -0.4 is 10.0 Å². The minimum atomic E-state index is -3.44. The molecule has 0 bridgehead atoms. The Kier molecular flexibility index (Phi) is 5.39. The average Bonchev–Trinajstić information content (AvgIpc) is 2.55. The van der Waals surface area contributed by atoms with Crippen LogP contribution in [-0.2, 0) is 16.4 Å². The van der Waals surface area contributed by atoms with Gasteiger partial charge in [0.15, 0.2) is 0 Å². The molecule has 122 valence electrons. The monoisotopic (exact) mass is 332 g/mol. The van der Waals surface area contributed by atoms with Crippen LogP contribution in [0.5, 0.6) is 0 Å². The van der Waals surface area contributed by atoms with Crippen molar-refractivity contribution < 1.29 is 13.2 Å². The number of sulfonamides is 1. The van der Waals surface area contributed by atoms with Gasteiger partial charge in [0.05, 0.1) is 17.0 Å². The Hall–Kier alpha value is -2.34. The van der Waals surface area contributed by atoms with Crippen LogP contribution in [0.2, 0.25) is 0 Å². The smallest absolute Gasteiger partial charge is 0.257 e. The standard InChI is InChI=1S/C17H20N2O3S/c1-3-13-9-11-14(12-10-13)18-17(20)15-7-5-6-8-16(15)19-23(21,22)4-2/h5-12,19H,3-4H2,1-2H3,(H,18,20). The molecule has 5 nitrogen and oxygen atoms in total. The highest BCUT2D eigenvalue weighted by Gasteiger charge is 2.15. The zero-order valence-corrected chi connectivity index (χ0v) is 14.0. The van der Waals surface area contributed by atoms with Gasteiger partial charge in [0, 0.05) is 5.69 Å². The minimum Gasteiger partial charge on any atom is -0.322 e. The fourth-order valence-corrected chi connectivity index (χ4v) is 2.69. The number of benzene rings is 2. The number of carbonyl (C=O) groups is 1. The van der Waals surface area contributed by atoms with Crippen LogP contribution in [0.4, 0.5) is 11.4 Å². The molecule has 0 heterocycles. The number of carbonyl (C=O) groups excluding carboxylic acids is 1. The van der Waals surface area contributed by atoms with Gasteiger partial charge in [-0.2, -0.15) is 0 Å². The summed E-state index contributed by atoms with van der Waals surface area (Å²) in [6, 6.07) is 14.1. The molecule has 23 heavy (non-hydrogen) atoms. The molecule has 0 spiro atoms. The van der Waals surface area contributed by atoms with Crippen molar-refractivity contribution >= 4 is 27.3 Å². The quantitative estimate of drug-likeness (QED) is 0.852. The van der Waals surface area contributed by atoms with Crippen molar-refractivity contribution in [2.24, 2.45) is 0 Å². The maximum Gasteiger partial charge on any atom is 0.257 e. The highest BCUT2D eigenvalue weighted by atomic mass is 32.2. The molecule has 0 aliphatic heterocycles. The van der Waals surface area contributed by atoms with Crippen LogP contribution >= 0.6 is 0 Å². The Morgan fingerprint density at radius 2 is 1.65 bits per heavy atom. The van der Waals surface area contributed by atoms with E-state index in [-0.39, 0.29) is 22.9 Å². The molecule has 2 aromatic rings. The second kappa shape index (κ2) is 7.28. The molecule has 0 aliphatic carbocycles. The molecule has 0 radical (unpaired) electrons. The highest BCUT2D eigenvalue weighted by Crippen LogP contribution is 2.19. The van der Waals surface area contributed by atoms with E-state index in [1.165, 1.54) is 5.56 Å². The highest BCUT2D eigenvalue weighted by molar-refractivity contribution is 7.92. The Balaban J connectivity index is 2.22. The lowest BCUT2D eigenvalue weighted by Gasteiger charge is -2.12. The molecule has 2 N–H and O–H groups in total. The van der Waals surface area contributed by atoms with E-state index in [1.54, 1.807) is 31.2 Å². The topological polar surface area (TPSA) is 75.3 Å². The minimum absolute atomic E-state index is 0.0541. The summed E-state index contributed by atoms with van der Waals surface area (Å²) < 4.78 is 25.9. The molecule has 0 saturated carbocycles. The van der Waals surface area contributed by atoms with E-state index in [4.69, 9.17) is 0 Å². The van der Waals surface area contributed by atoms with E-state index < -0.39 is 10.0 Å². The first-order chi connectivity index (χ1) is 10.9. The van der Waals surface area contributed by atoms with Gasteiger partial charge in [-0.1, -0.05) is 31.2 Å². The maximum atomic E-state index is 12.4. The van der Waals surface area contributed by atoms with Gasteiger partial charge in [-0.3, -0.25) is 9.52 Å². The van der Waals surface area contributed by atoms with Crippen molar-refractivity contribution in [3.8, 4) is 0 Å². The number of aryl methyl sites for hydroxylation is 1. The maximum absolute atomic E-state index is 12.4. The van der Waals surface area contributed by atoms with Crippen LogP contribution in [0.3, 0.4) is 0 Å². The number of nitrogens with one attached hydrogen (secondary N) is 2. The van der Waals surface area contributed by atoms with Gasteiger partial charge in [0.2, 0.25) is 10.0 Å². The summed E-state index contributed by atoms with van der Waals surface area (Å²) in [7, 11) is -3.44. The van der Waals surface area contributed by atoms with Crippen molar-refractivity contribution in [2.75, 3.05) is 15.8 Å². The fourth-order valence-electron chi connectivity index (χ4n) is 2.03. The summed E-state index contributed by atoms with van der Waals surface area (Å²) in [6.07, 6.45) is 0.926. The van der Waals surface area contributed by atoms with E-state index in [0.717, 1.165) is 6.42 Å². The lowest BCUT2D eigenvalue weighted by molar-refractivity contribution is 0.102. The van der Waals surface area contributed by atoms with Crippen molar-refractivity contribution in [3.05, 3.63) is 59.7 Å². The molecular formula is C17H20N2O3S. The molecule has 0 aliphatic rings. The fraction of sp³-hybridized carbons (Fsp3) is 0.235. The van der Waals surface area contributed by atoms with E-state index in [1.807, 2.05) is 24.3 Å². The first kappa shape index (κ1) is 17.0. The molecular weight excluding hydrogens is 312 g/mol. The summed E-state index contributed by atoms with van der Waals surface area (Å²) >= 11 is 0. The molecule has 0 unspecified atom stereocenters. The number of anilines is 2. The number of hydrogen-bond acceptors (Lipinski definition) is 3. The number of rotatable bonds is 6. The van der Waals surface area contributed by atoms with Crippen molar-refractivity contribution in [1.29, 1.82) is 0 Å². The summed E-state index contributed by atoms with van der Waals surface area (Å²) in [4.78, 5) is 12.4. The van der Waals surface area contributed by atoms with Gasteiger partial charge < -0.3 is 5.32 Å². The first-order valence-corrected chi connectivity index (χ1v) is 9.10. The number of hydrogen-bond donors (Lipinski definition) is 2. The average molecular weight is 332 g/mol. The van der Waals surface area contributed by atoms with E-state index >= 15 is 0 Å². The predicted molar refractivity (Wildman–Crippen MR) is 93.3 cm³/mol. The SMILES string of the molecule is CCc1ccc(NC(=O)c2ccccc2NS(=O)(=O)CC)cc1. The lowest BCUT2D eigenvalue weighted by Crippen LogP contribution is -2.19. The van der Waals surface area contributed by atoms with Gasteiger partial charge in [0.25, 0.3) is 5.91 Å². The molecule has 2 rings (SSSR count). The second-order valence-corrected chi connectivity index (χ2v) is 7.07. The van der Waals surface area contributed by atoms with Gasteiger partial charge >= 0.3 is 0 Å². The Morgan fingerprint density at radius 1 is 1.00 bits per heavy atom. The molecule has 1 amide bonds. The molecule has 0 atom stereocenters. The van der Waals surface area contributed by atoms with E-state index in [2.05, 4.69) is 17.0 Å². The van der Waals surface area contributed by atoms with Crippen LogP contribution in [0.15, 0.2) is 48.5 Å². The normalized spacial score (nSPS) is 11.0. The number of para-hydroxylation sites is 1. The summed E-state index contributed by atoms with van der Waals surface area (Å²) in [5, 5.41) is 2.78. The van der Waals surface area contributed by atoms with Gasteiger partial charge in [0.1, 0.15) is 0 Å². The Labute approximate surface area is 136 Å². The van der Waals surface area contributed by atoms with Crippen LogP contribution in [0.1, 0.15) is 29.8 Å². The summed E-state index contributed by atoms with van der Waals surface area (Å²) in [5.74, 6) is -0.412. The van der Waals surface area contributed by atoms with Crippen LogP contribution in [0, 0.1) is 0 Å². The summed E-state index contributed by atoms with van der Waals surface area (Å²) in [5.41, 5.74) is 2.40. The molecule has 0 saturated heterocycles. The Bertz CT molecular complexity index is 784. The molecule has 6 heteroatoms. The third kappa shape index (κ3) is 4.56. The summed E-state index contributed by atoms with van der Waals surface area (Å²) in [6.45, 7) is 3.60. The van der Waals surface area contributed by atoms with Gasteiger partial charge in [-0.25, -0.2) is 8.42 Å². The van der Waals surface area contributed by atoms with Gasteiger partial charge in [-0.15, -0.1) is 0 Å². The van der Waals surface area contributed by atoms with Crippen LogP contribution in [0.25, 0.3) is 0 Å². The van der Waals surface area contributed by atoms with Crippen LogP contribution in [-0.4, -0.2) is 20.1 Å². The zero-order chi connectivity index (χ0) is 16.9. The van der Waals surface area contributed by atoms with Crippen molar-refractivity contribution in [2.45, 2.75) is 20.3 Å². The third-order valence-electron chi connectivity index (χ3n) is 3.44. The zero-order valence-electron chi connectivity index (χ0n) is 13.2. The lowest BCUT2D eigenvalue weighted by atomic mass is 10.1. The van der Waals surface area contributed by atoms with Gasteiger partial charge in [-0.05, 0) is 43.2 Å². The first-order valence-electron chi connectivity index (χ1n) is 7.45. The number of amides is 1. The van der Waals surface area contributed by atoms with E-state index in [9.17, 15) is 13.2 Å². The molecule has 0 fully saturated rings. The Morgan fingerprint density at radius 3 is 2.26 bits per heavy atom. The predicted octanol–water partition coefficient (Wildman–Crippen LogP) is 3.26. The van der Waals surface area contributed by atoms with Crippen molar-refractivity contribution in [1.82, 2.24) is 0 Å². The second-order valence-electron chi connectivity index (χ2n) is 5.06. The molecule has 0 aromatic heterocycles. The van der Waals surface area contributed by atoms with Crippen molar-refractivity contribution in [3.63, 3.8) is 0 Å².